The van der Waals surface area contributed by atoms with Crippen LogP contribution in [-0.4, -0.2) is 33.0 Å². The van der Waals surface area contributed by atoms with Crippen molar-refractivity contribution in [1.29, 1.82) is 0 Å². The maximum atomic E-state index is 11.8. The van der Waals surface area contributed by atoms with E-state index in [2.05, 4.69) is 0 Å². The fraction of sp³-hybridized carbons (Fsp3) is 1.00. The highest BCUT2D eigenvalue weighted by molar-refractivity contribution is 7.85. The summed E-state index contributed by atoms with van der Waals surface area (Å²) in [5.74, 6) is 0.561. The van der Waals surface area contributed by atoms with Crippen molar-refractivity contribution in [3.63, 3.8) is 0 Å². The molecule has 0 aromatic rings. The molecule has 4 heteroatoms. The lowest BCUT2D eigenvalue weighted by atomic mass is 10.0. The number of rotatable bonds is 5. The van der Waals surface area contributed by atoms with E-state index in [4.69, 9.17) is 10.8 Å². The molecule has 0 aromatic carbocycles. The minimum atomic E-state index is -0.774. The summed E-state index contributed by atoms with van der Waals surface area (Å²) in [6.07, 6.45) is 6.48. The van der Waals surface area contributed by atoms with Crippen LogP contribution in [0.4, 0.5) is 0 Å². The highest BCUT2D eigenvalue weighted by atomic mass is 32.2. The van der Waals surface area contributed by atoms with E-state index in [9.17, 15) is 4.21 Å². The van der Waals surface area contributed by atoms with Crippen molar-refractivity contribution in [2.45, 2.75) is 49.8 Å². The molecule has 0 bridgehead atoms. The van der Waals surface area contributed by atoms with Gasteiger partial charge in [-0.05, 0) is 19.3 Å². The van der Waals surface area contributed by atoms with Crippen LogP contribution in [0.5, 0.6) is 0 Å². The van der Waals surface area contributed by atoms with E-state index >= 15 is 0 Å². The lowest BCUT2D eigenvalue weighted by Gasteiger charge is -2.22. The minimum absolute atomic E-state index is 0.0947. The molecule has 0 heterocycles. The van der Waals surface area contributed by atoms with E-state index in [-0.39, 0.29) is 12.6 Å². The molecule has 2 unspecified atom stereocenters. The topological polar surface area (TPSA) is 63.3 Å². The summed E-state index contributed by atoms with van der Waals surface area (Å²) in [4.78, 5) is 0. The molecule has 1 aliphatic carbocycles. The van der Waals surface area contributed by atoms with Crippen LogP contribution in [0.3, 0.4) is 0 Å². The molecule has 1 rings (SSSR count). The van der Waals surface area contributed by atoms with Gasteiger partial charge in [-0.3, -0.25) is 4.21 Å². The number of hydrogen-bond donors (Lipinski definition) is 2. The van der Waals surface area contributed by atoms with Gasteiger partial charge in [-0.1, -0.05) is 19.3 Å². The van der Waals surface area contributed by atoms with E-state index in [1.165, 1.54) is 19.3 Å². The van der Waals surface area contributed by atoms with Crippen molar-refractivity contribution in [2.24, 2.45) is 5.73 Å². The van der Waals surface area contributed by atoms with Crippen LogP contribution in [0.25, 0.3) is 0 Å². The van der Waals surface area contributed by atoms with Crippen LogP contribution in [0, 0.1) is 0 Å². The van der Waals surface area contributed by atoms with Gasteiger partial charge in [0.15, 0.2) is 0 Å². The Labute approximate surface area is 88.5 Å². The third kappa shape index (κ3) is 4.07. The standard InChI is InChI=1S/C10H21NO2S/c11-9(6-7-12)8-14(13)10-4-2-1-3-5-10/h9-10,12H,1-8,11H2. The average molecular weight is 219 g/mol. The molecule has 0 amide bonds. The summed E-state index contributed by atoms with van der Waals surface area (Å²) in [5.41, 5.74) is 5.74. The zero-order valence-electron chi connectivity index (χ0n) is 8.65. The summed E-state index contributed by atoms with van der Waals surface area (Å²) in [6, 6.07) is -0.0947. The second kappa shape index (κ2) is 6.53. The summed E-state index contributed by atoms with van der Waals surface area (Å²) >= 11 is 0. The quantitative estimate of drug-likeness (QED) is 0.718. The molecule has 2 atom stereocenters. The van der Waals surface area contributed by atoms with Crippen LogP contribution >= 0.6 is 0 Å². The van der Waals surface area contributed by atoms with Crippen LogP contribution in [-0.2, 0) is 10.8 Å². The Morgan fingerprint density at radius 3 is 2.57 bits per heavy atom. The first-order valence-corrected chi connectivity index (χ1v) is 6.86. The molecule has 14 heavy (non-hydrogen) atoms. The molecular weight excluding hydrogens is 198 g/mol. The normalized spacial score (nSPS) is 23.3. The third-order valence-electron chi connectivity index (χ3n) is 2.80. The number of hydrogen-bond acceptors (Lipinski definition) is 3. The first-order chi connectivity index (χ1) is 6.74. The first-order valence-electron chi connectivity index (χ1n) is 5.47. The van der Waals surface area contributed by atoms with Crippen molar-refractivity contribution in [2.75, 3.05) is 12.4 Å². The Morgan fingerprint density at radius 1 is 1.36 bits per heavy atom. The number of aliphatic hydroxyl groups excluding tert-OH is 1. The smallest absolute Gasteiger partial charge is 0.0446 e. The lowest BCUT2D eigenvalue weighted by Crippen LogP contribution is -2.32. The molecule has 0 aromatic heterocycles. The van der Waals surface area contributed by atoms with Crippen molar-refractivity contribution in [3.8, 4) is 0 Å². The van der Waals surface area contributed by atoms with Crippen LogP contribution in [0.2, 0.25) is 0 Å². The summed E-state index contributed by atoms with van der Waals surface area (Å²) < 4.78 is 11.8. The maximum Gasteiger partial charge on any atom is 0.0446 e. The molecule has 0 saturated heterocycles. The molecule has 1 aliphatic rings. The van der Waals surface area contributed by atoms with Crippen LogP contribution in [0.1, 0.15) is 38.5 Å². The van der Waals surface area contributed by atoms with E-state index in [1.807, 2.05) is 0 Å². The van der Waals surface area contributed by atoms with Crippen molar-refractivity contribution in [3.05, 3.63) is 0 Å². The van der Waals surface area contributed by atoms with Crippen molar-refractivity contribution < 1.29 is 9.32 Å². The summed E-state index contributed by atoms with van der Waals surface area (Å²) in [5, 5.41) is 9.05. The molecule has 0 aliphatic heterocycles. The largest absolute Gasteiger partial charge is 0.396 e. The van der Waals surface area contributed by atoms with Gasteiger partial charge >= 0.3 is 0 Å². The number of nitrogens with two attached hydrogens (primary N) is 1. The van der Waals surface area contributed by atoms with E-state index < -0.39 is 10.8 Å². The van der Waals surface area contributed by atoms with Gasteiger partial charge in [0.05, 0.1) is 0 Å². The van der Waals surface area contributed by atoms with Gasteiger partial charge in [-0.2, -0.15) is 0 Å². The molecule has 84 valence electrons. The third-order valence-corrected chi connectivity index (χ3v) is 4.77. The van der Waals surface area contributed by atoms with Crippen LogP contribution in [0.15, 0.2) is 0 Å². The maximum absolute atomic E-state index is 11.8. The number of aliphatic hydroxyl groups is 1. The molecule has 0 spiro atoms. The molecule has 0 radical (unpaired) electrons. The summed E-state index contributed by atoms with van der Waals surface area (Å²) in [7, 11) is -0.774. The summed E-state index contributed by atoms with van der Waals surface area (Å²) in [6.45, 7) is 0.100. The molecule has 3 nitrogen and oxygen atoms in total. The molecular formula is C10H21NO2S. The predicted octanol–water partition coefficient (Wildman–Crippen LogP) is 0.777. The van der Waals surface area contributed by atoms with Crippen molar-refractivity contribution >= 4 is 10.8 Å². The zero-order chi connectivity index (χ0) is 10.4. The predicted molar refractivity (Wildman–Crippen MR) is 59.6 cm³/mol. The van der Waals surface area contributed by atoms with Gasteiger partial charge in [0, 0.05) is 34.5 Å². The highest BCUT2D eigenvalue weighted by Crippen LogP contribution is 2.22. The van der Waals surface area contributed by atoms with Gasteiger partial charge in [0.2, 0.25) is 0 Å². The van der Waals surface area contributed by atoms with Gasteiger partial charge in [0.1, 0.15) is 0 Å². The minimum Gasteiger partial charge on any atom is -0.396 e. The molecule has 1 saturated carbocycles. The van der Waals surface area contributed by atoms with Gasteiger partial charge < -0.3 is 10.8 Å². The fourth-order valence-corrected chi connectivity index (χ4v) is 3.64. The van der Waals surface area contributed by atoms with Gasteiger partial charge in [-0.25, -0.2) is 0 Å². The second-order valence-corrected chi connectivity index (χ2v) is 5.84. The Hall–Kier alpha value is 0.0700. The second-order valence-electron chi connectivity index (χ2n) is 4.08. The highest BCUT2D eigenvalue weighted by Gasteiger charge is 2.21. The first kappa shape index (κ1) is 12.1. The van der Waals surface area contributed by atoms with Crippen LogP contribution < -0.4 is 5.73 Å². The Balaban J connectivity index is 2.25. The fourth-order valence-electron chi connectivity index (χ4n) is 1.92. The van der Waals surface area contributed by atoms with Gasteiger partial charge in [-0.15, -0.1) is 0 Å². The van der Waals surface area contributed by atoms with E-state index in [0.717, 1.165) is 12.8 Å². The zero-order valence-corrected chi connectivity index (χ0v) is 9.47. The Kier molecular flexibility index (Phi) is 5.67. The molecule has 3 N–H and O–H groups in total. The van der Waals surface area contributed by atoms with Crippen molar-refractivity contribution in [1.82, 2.24) is 0 Å². The Morgan fingerprint density at radius 2 is 2.00 bits per heavy atom. The monoisotopic (exact) mass is 219 g/mol. The van der Waals surface area contributed by atoms with E-state index in [0.29, 0.717) is 17.4 Å². The van der Waals surface area contributed by atoms with Gasteiger partial charge in [0.25, 0.3) is 0 Å². The SMILES string of the molecule is NC(CCO)CS(=O)C1CCCCC1. The lowest BCUT2D eigenvalue weighted by molar-refractivity contribution is 0.279. The van der Waals surface area contributed by atoms with E-state index in [1.54, 1.807) is 0 Å². The average Bonchev–Trinajstić information content (AvgIpc) is 2.19. The Bertz CT molecular complexity index is 181. The molecule has 1 fully saturated rings.